The van der Waals surface area contributed by atoms with Crippen LogP contribution in [-0.2, 0) is 6.54 Å². The summed E-state index contributed by atoms with van der Waals surface area (Å²) in [7, 11) is 0. The zero-order chi connectivity index (χ0) is 9.26. The first kappa shape index (κ1) is 8.64. The van der Waals surface area contributed by atoms with Crippen molar-refractivity contribution in [3.05, 3.63) is 31.6 Å². The standard InChI is InChI=1S/C6H4BrN3O2S/c7-5-1-4(12-9-5)2-10-6(11)13-3-8-10/h1,3H,2H2. The molecule has 0 spiro atoms. The minimum absolute atomic E-state index is 0.104. The van der Waals surface area contributed by atoms with E-state index in [1.807, 2.05) is 0 Å². The van der Waals surface area contributed by atoms with E-state index in [-0.39, 0.29) is 4.87 Å². The maximum Gasteiger partial charge on any atom is 0.325 e. The lowest BCUT2D eigenvalue weighted by molar-refractivity contribution is 0.367. The highest BCUT2D eigenvalue weighted by molar-refractivity contribution is 9.10. The van der Waals surface area contributed by atoms with E-state index in [1.165, 1.54) is 10.2 Å². The fraction of sp³-hybridized carbons (Fsp3) is 0.167. The van der Waals surface area contributed by atoms with Gasteiger partial charge in [-0.25, -0.2) is 4.68 Å². The number of rotatable bonds is 2. The van der Waals surface area contributed by atoms with Crippen LogP contribution in [0.3, 0.4) is 0 Å². The third kappa shape index (κ3) is 1.86. The van der Waals surface area contributed by atoms with Crippen molar-refractivity contribution in [1.82, 2.24) is 14.9 Å². The molecule has 0 aromatic carbocycles. The predicted molar refractivity (Wildman–Crippen MR) is 49.7 cm³/mol. The number of hydrogen-bond donors (Lipinski definition) is 0. The van der Waals surface area contributed by atoms with Gasteiger partial charge in [-0.3, -0.25) is 4.79 Å². The Hall–Kier alpha value is -0.950. The molecule has 0 atom stereocenters. The van der Waals surface area contributed by atoms with Gasteiger partial charge in [-0.2, -0.15) is 5.10 Å². The summed E-state index contributed by atoms with van der Waals surface area (Å²) in [6.07, 6.45) is 0. The third-order valence-electron chi connectivity index (χ3n) is 1.39. The van der Waals surface area contributed by atoms with Crippen LogP contribution in [0.2, 0.25) is 0 Å². The van der Waals surface area contributed by atoms with Gasteiger partial charge in [0.25, 0.3) is 0 Å². The highest BCUT2D eigenvalue weighted by atomic mass is 79.9. The number of nitrogens with zero attached hydrogens (tertiary/aromatic N) is 3. The van der Waals surface area contributed by atoms with Gasteiger partial charge < -0.3 is 4.52 Å². The largest absolute Gasteiger partial charge is 0.358 e. The number of aromatic nitrogens is 3. The van der Waals surface area contributed by atoms with Gasteiger partial charge in [0, 0.05) is 6.07 Å². The lowest BCUT2D eigenvalue weighted by Crippen LogP contribution is -2.14. The van der Waals surface area contributed by atoms with E-state index in [0.29, 0.717) is 16.9 Å². The Morgan fingerprint density at radius 3 is 3.08 bits per heavy atom. The van der Waals surface area contributed by atoms with Crippen LogP contribution in [0.4, 0.5) is 0 Å². The molecule has 2 rings (SSSR count). The van der Waals surface area contributed by atoms with E-state index in [0.717, 1.165) is 11.3 Å². The lowest BCUT2D eigenvalue weighted by atomic mass is 10.5. The minimum Gasteiger partial charge on any atom is -0.358 e. The summed E-state index contributed by atoms with van der Waals surface area (Å²) in [5.74, 6) is 0.597. The van der Waals surface area contributed by atoms with Crippen LogP contribution in [0.25, 0.3) is 0 Å². The third-order valence-corrected chi connectivity index (χ3v) is 2.37. The summed E-state index contributed by atoms with van der Waals surface area (Å²) in [5, 5.41) is 7.47. The Morgan fingerprint density at radius 2 is 2.54 bits per heavy atom. The summed E-state index contributed by atoms with van der Waals surface area (Å²) >= 11 is 4.20. The molecule has 7 heteroatoms. The molecule has 2 aromatic rings. The molecule has 68 valence electrons. The molecule has 0 radical (unpaired) electrons. The maximum atomic E-state index is 11.1. The second-order valence-electron chi connectivity index (χ2n) is 2.28. The molecule has 0 saturated carbocycles. The van der Waals surface area contributed by atoms with E-state index in [2.05, 4.69) is 26.2 Å². The second kappa shape index (κ2) is 3.43. The van der Waals surface area contributed by atoms with E-state index in [9.17, 15) is 4.79 Å². The van der Waals surface area contributed by atoms with Crippen molar-refractivity contribution in [2.75, 3.05) is 0 Å². The molecule has 0 unspecified atom stereocenters. The van der Waals surface area contributed by atoms with Crippen LogP contribution in [0, 0.1) is 0 Å². The normalized spacial score (nSPS) is 10.5. The first-order valence-electron chi connectivity index (χ1n) is 3.37. The van der Waals surface area contributed by atoms with Gasteiger partial charge >= 0.3 is 4.87 Å². The van der Waals surface area contributed by atoms with Crippen LogP contribution >= 0.6 is 27.3 Å². The van der Waals surface area contributed by atoms with E-state index < -0.39 is 0 Å². The van der Waals surface area contributed by atoms with Crippen molar-refractivity contribution < 1.29 is 4.52 Å². The maximum absolute atomic E-state index is 11.1. The van der Waals surface area contributed by atoms with Crippen molar-refractivity contribution in [3.8, 4) is 0 Å². The monoisotopic (exact) mass is 261 g/mol. The minimum atomic E-state index is -0.104. The smallest absolute Gasteiger partial charge is 0.325 e. The van der Waals surface area contributed by atoms with Crippen LogP contribution in [0.5, 0.6) is 0 Å². The SMILES string of the molecule is O=c1scnn1Cc1cc(Br)no1. The molecule has 0 fully saturated rings. The van der Waals surface area contributed by atoms with Crippen molar-refractivity contribution >= 4 is 27.3 Å². The van der Waals surface area contributed by atoms with Gasteiger partial charge in [0.15, 0.2) is 5.76 Å². The molecule has 5 nitrogen and oxygen atoms in total. The van der Waals surface area contributed by atoms with Crippen molar-refractivity contribution in [3.63, 3.8) is 0 Å². The van der Waals surface area contributed by atoms with Gasteiger partial charge in [0.1, 0.15) is 16.7 Å². The number of hydrogen-bond acceptors (Lipinski definition) is 5. The summed E-state index contributed by atoms with van der Waals surface area (Å²) in [4.78, 5) is 11.0. The van der Waals surface area contributed by atoms with Crippen molar-refractivity contribution in [1.29, 1.82) is 0 Å². The summed E-state index contributed by atoms with van der Waals surface area (Å²) in [5.41, 5.74) is 1.49. The van der Waals surface area contributed by atoms with Gasteiger partial charge in [-0.05, 0) is 15.9 Å². The van der Waals surface area contributed by atoms with Crippen molar-refractivity contribution in [2.45, 2.75) is 6.54 Å². The van der Waals surface area contributed by atoms with E-state index in [1.54, 1.807) is 6.07 Å². The summed E-state index contributed by atoms with van der Waals surface area (Å²) in [6, 6.07) is 1.70. The highest BCUT2D eigenvalue weighted by Gasteiger charge is 2.05. The summed E-state index contributed by atoms with van der Waals surface area (Å²) < 4.78 is 6.83. The van der Waals surface area contributed by atoms with Crippen LogP contribution < -0.4 is 4.87 Å². The average molecular weight is 262 g/mol. The van der Waals surface area contributed by atoms with E-state index in [4.69, 9.17) is 4.52 Å². The van der Waals surface area contributed by atoms with Crippen LogP contribution in [0.15, 0.2) is 25.5 Å². The lowest BCUT2D eigenvalue weighted by Gasteiger charge is -1.91. The first-order valence-corrected chi connectivity index (χ1v) is 5.04. The Balaban J connectivity index is 2.24. The molecule has 0 saturated heterocycles. The molecule has 2 heterocycles. The average Bonchev–Trinajstić information content (AvgIpc) is 2.64. The molecule has 2 aromatic heterocycles. The Morgan fingerprint density at radius 1 is 1.69 bits per heavy atom. The molecular weight excluding hydrogens is 258 g/mol. The van der Waals surface area contributed by atoms with Gasteiger partial charge in [0.05, 0.1) is 0 Å². The molecule has 0 aliphatic rings. The number of halogens is 1. The molecule has 0 bridgehead atoms. The molecule has 0 amide bonds. The van der Waals surface area contributed by atoms with Gasteiger partial charge in [-0.15, -0.1) is 0 Å². The van der Waals surface area contributed by atoms with Crippen LogP contribution in [0.1, 0.15) is 5.76 Å². The fourth-order valence-electron chi connectivity index (χ4n) is 0.849. The van der Waals surface area contributed by atoms with Crippen LogP contribution in [-0.4, -0.2) is 14.9 Å². The Bertz CT molecular complexity index is 460. The molecule has 0 N–H and O–H groups in total. The Labute approximate surface area is 85.1 Å². The molecular formula is C6H4BrN3O2S. The van der Waals surface area contributed by atoms with Crippen molar-refractivity contribution in [2.24, 2.45) is 0 Å². The fourth-order valence-corrected chi connectivity index (χ4v) is 1.66. The molecule has 0 aliphatic heterocycles. The first-order chi connectivity index (χ1) is 6.25. The summed E-state index contributed by atoms with van der Waals surface area (Å²) in [6.45, 7) is 0.320. The topological polar surface area (TPSA) is 60.9 Å². The Kier molecular flexibility index (Phi) is 2.28. The van der Waals surface area contributed by atoms with Gasteiger partial charge in [-0.1, -0.05) is 16.5 Å². The highest BCUT2D eigenvalue weighted by Crippen LogP contribution is 2.09. The molecule has 13 heavy (non-hydrogen) atoms. The quantitative estimate of drug-likeness (QED) is 0.813. The van der Waals surface area contributed by atoms with Gasteiger partial charge in [0.2, 0.25) is 0 Å². The zero-order valence-electron chi connectivity index (χ0n) is 6.31. The predicted octanol–water partition coefficient (Wildman–Crippen LogP) is 1.10. The molecule has 0 aliphatic carbocycles. The second-order valence-corrected chi connectivity index (χ2v) is 3.89. The zero-order valence-corrected chi connectivity index (χ0v) is 8.71. The van der Waals surface area contributed by atoms with E-state index >= 15 is 0 Å².